The van der Waals surface area contributed by atoms with Crippen molar-refractivity contribution in [2.24, 2.45) is 0 Å². The summed E-state index contributed by atoms with van der Waals surface area (Å²) in [6.45, 7) is 4.83. The van der Waals surface area contributed by atoms with Gasteiger partial charge in [0.2, 0.25) is 0 Å². The average molecular weight is 185 g/mol. The first-order chi connectivity index (χ1) is 6.35. The van der Waals surface area contributed by atoms with Gasteiger partial charge in [-0.2, -0.15) is 0 Å². The third-order valence-corrected chi connectivity index (χ3v) is 1.68. The van der Waals surface area contributed by atoms with Gasteiger partial charge in [0.1, 0.15) is 0 Å². The molecule has 0 saturated carbocycles. The van der Waals surface area contributed by atoms with Gasteiger partial charge < -0.3 is 14.8 Å². The molecule has 0 amide bonds. The summed E-state index contributed by atoms with van der Waals surface area (Å²) in [5.41, 5.74) is 0. The first kappa shape index (κ1) is 12.4. The fourth-order valence-corrected chi connectivity index (χ4v) is 0.871. The largest absolute Gasteiger partial charge is 0.382 e. The van der Waals surface area contributed by atoms with Crippen molar-refractivity contribution in [1.82, 2.24) is 5.32 Å². The Hall–Kier alpha value is -0.560. The molecular weight excluding hydrogens is 166 g/mol. The van der Waals surface area contributed by atoms with E-state index in [2.05, 4.69) is 18.2 Å². The fraction of sp³-hybridized carbons (Fsp3) is 0.800. The van der Waals surface area contributed by atoms with Crippen LogP contribution in [-0.2, 0) is 9.47 Å². The van der Waals surface area contributed by atoms with Gasteiger partial charge in [0.15, 0.2) is 0 Å². The lowest BCUT2D eigenvalue weighted by Crippen LogP contribution is -2.30. The van der Waals surface area contributed by atoms with Crippen molar-refractivity contribution in [3.8, 4) is 12.3 Å². The van der Waals surface area contributed by atoms with Gasteiger partial charge in [-0.3, -0.25) is 0 Å². The standard InChI is InChI=1S/C10H19NO2/c1-4-10(5-2)11-6-7-13-9-8-12-3/h1,10-11H,5-9H2,2-3H3. The minimum absolute atomic E-state index is 0.172. The second kappa shape index (κ2) is 9.53. The Bertz CT molecular complexity index is 142. The van der Waals surface area contributed by atoms with E-state index >= 15 is 0 Å². The highest BCUT2D eigenvalue weighted by atomic mass is 16.5. The maximum absolute atomic E-state index is 5.27. The molecule has 0 aliphatic heterocycles. The maximum Gasteiger partial charge on any atom is 0.0700 e. The molecule has 1 unspecified atom stereocenters. The number of terminal acetylenes is 1. The zero-order valence-electron chi connectivity index (χ0n) is 8.51. The van der Waals surface area contributed by atoms with Gasteiger partial charge in [-0.25, -0.2) is 0 Å². The number of hydrogen-bond donors (Lipinski definition) is 1. The van der Waals surface area contributed by atoms with Gasteiger partial charge in [0.25, 0.3) is 0 Å². The Morgan fingerprint density at radius 2 is 2.15 bits per heavy atom. The van der Waals surface area contributed by atoms with E-state index in [1.54, 1.807) is 7.11 Å². The number of nitrogens with one attached hydrogen (secondary N) is 1. The molecule has 1 atom stereocenters. The summed E-state index contributed by atoms with van der Waals surface area (Å²) in [5.74, 6) is 2.66. The van der Waals surface area contributed by atoms with Crippen LogP contribution in [0.4, 0.5) is 0 Å². The van der Waals surface area contributed by atoms with Gasteiger partial charge >= 0.3 is 0 Å². The minimum atomic E-state index is 0.172. The first-order valence-corrected chi connectivity index (χ1v) is 4.61. The summed E-state index contributed by atoms with van der Waals surface area (Å²) in [5, 5.41) is 3.19. The molecule has 0 spiro atoms. The average Bonchev–Trinajstić information content (AvgIpc) is 2.17. The predicted molar refractivity (Wildman–Crippen MR) is 53.6 cm³/mol. The van der Waals surface area contributed by atoms with Crippen LogP contribution in [0.1, 0.15) is 13.3 Å². The number of rotatable bonds is 8. The monoisotopic (exact) mass is 185 g/mol. The van der Waals surface area contributed by atoms with E-state index < -0.39 is 0 Å². The molecule has 0 aromatic carbocycles. The molecule has 3 heteroatoms. The summed E-state index contributed by atoms with van der Waals surface area (Å²) in [4.78, 5) is 0. The van der Waals surface area contributed by atoms with Gasteiger partial charge in [-0.15, -0.1) is 6.42 Å². The number of methoxy groups -OCH3 is 1. The lowest BCUT2D eigenvalue weighted by atomic mass is 10.2. The SMILES string of the molecule is C#CC(CC)NCCOCCOC. The van der Waals surface area contributed by atoms with Crippen LogP contribution in [0.15, 0.2) is 0 Å². The Morgan fingerprint density at radius 3 is 2.69 bits per heavy atom. The van der Waals surface area contributed by atoms with Gasteiger partial charge in [-0.1, -0.05) is 12.8 Å². The molecule has 0 saturated heterocycles. The van der Waals surface area contributed by atoms with Crippen molar-refractivity contribution in [3.05, 3.63) is 0 Å². The molecule has 0 heterocycles. The molecule has 1 N–H and O–H groups in total. The van der Waals surface area contributed by atoms with E-state index in [0.717, 1.165) is 13.0 Å². The highest BCUT2D eigenvalue weighted by Crippen LogP contribution is 1.86. The molecule has 13 heavy (non-hydrogen) atoms. The van der Waals surface area contributed by atoms with E-state index in [1.807, 2.05) is 0 Å². The first-order valence-electron chi connectivity index (χ1n) is 4.61. The van der Waals surface area contributed by atoms with Gasteiger partial charge in [-0.05, 0) is 6.42 Å². The minimum Gasteiger partial charge on any atom is -0.382 e. The van der Waals surface area contributed by atoms with Crippen LogP contribution in [0.3, 0.4) is 0 Å². The van der Waals surface area contributed by atoms with Crippen LogP contribution < -0.4 is 5.32 Å². The Balaban J connectivity index is 3.11. The predicted octanol–water partition coefficient (Wildman–Crippen LogP) is 0.651. The fourth-order valence-electron chi connectivity index (χ4n) is 0.871. The number of ether oxygens (including phenoxy) is 2. The van der Waals surface area contributed by atoms with Crippen molar-refractivity contribution >= 4 is 0 Å². The molecule has 0 aromatic rings. The Morgan fingerprint density at radius 1 is 1.38 bits per heavy atom. The molecule has 0 aliphatic carbocycles. The second-order valence-corrected chi connectivity index (χ2v) is 2.69. The van der Waals surface area contributed by atoms with Crippen LogP contribution in [0.2, 0.25) is 0 Å². The number of hydrogen-bond acceptors (Lipinski definition) is 3. The Kier molecular flexibility index (Phi) is 9.12. The van der Waals surface area contributed by atoms with Gasteiger partial charge in [0, 0.05) is 13.7 Å². The lowest BCUT2D eigenvalue weighted by molar-refractivity contribution is 0.0715. The molecule has 0 aliphatic rings. The summed E-state index contributed by atoms with van der Waals surface area (Å²) in [6.07, 6.45) is 6.23. The second-order valence-electron chi connectivity index (χ2n) is 2.69. The van der Waals surface area contributed by atoms with E-state index in [9.17, 15) is 0 Å². The van der Waals surface area contributed by atoms with Crippen LogP contribution in [-0.4, -0.2) is 39.5 Å². The molecule has 3 nitrogen and oxygen atoms in total. The van der Waals surface area contributed by atoms with Crippen LogP contribution in [0.5, 0.6) is 0 Å². The molecule has 0 aromatic heterocycles. The van der Waals surface area contributed by atoms with Crippen molar-refractivity contribution in [2.75, 3.05) is 33.5 Å². The Labute approximate surface area is 80.8 Å². The molecule has 0 rings (SSSR count). The van der Waals surface area contributed by atoms with Crippen molar-refractivity contribution in [1.29, 1.82) is 0 Å². The van der Waals surface area contributed by atoms with Crippen LogP contribution in [0.25, 0.3) is 0 Å². The van der Waals surface area contributed by atoms with Crippen molar-refractivity contribution < 1.29 is 9.47 Å². The van der Waals surface area contributed by atoms with Crippen molar-refractivity contribution in [2.45, 2.75) is 19.4 Å². The summed E-state index contributed by atoms with van der Waals surface area (Å²) >= 11 is 0. The molecule has 0 radical (unpaired) electrons. The van der Waals surface area contributed by atoms with Crippen LogP contribution >= 0.6 is 0 Å². The van der Waals surface area contributed by atoms with Gasteiger partial charge in [0.05, 0.1) is 25.9 Å². The van der Waals surface area contributed by atoms with E-state index in [-0.39, 0.29) is 6.04 Å². The highest BCUT2D eigenvalue weighted by Gasteiger charge is 1.98. The third kappa shape index (κ3) is 7.79. The van der Waals surface area contributed by atoms with E-state index in [1.165, 1.54) is 0 Å². The molecule has 0 bridgehead atoms. The maximum atomic E-state index is 5.27. The van der Waals surface area contributed by atoms with E-state index in [0.29, 0.717) is 19.8 Å². The summed E-state index contributed by atoms with van der Waals surface area (Å²) in [6, 6.07) is 0.172. The topological polar surface area (TPSA) is 30.5 Å². The lowest BCUT2D eigenvalue weighted by Gasteiger charge is -2.10. The third-order valence-electron chi connectivity index (χ3n) is 1.68. The zero-order valence-corrected chi connectivity index (χ0v) is 8.51. The normalized spacial score (nSPS) is 12.4. The molecule has 76 valence electrons. The zero-order chi connectivity index (χ0) is 9.94. The molecular formula is C10H19NO2. The highest BCUT2D eigenvalue weighted by molar-refractivity contribution is 4.97. The van der Waals surface area contributed by atoms with Crippen molar-refractivity contribution in [3.63, 3.8) is 0 Å². The molecule has 0 fully saturated rings. The quantitative estimate of drug-likeness (QED) is 0.445. The summed E-state index contributed by atoms with van der Waals surface area (Å²) in [7, 11) is 1.66. The van der Waals surface area contributed by atoms with E-state index in [4.69, 9.17) is 15.9 Å². The smallest absolute Gasteiger partial charge is 0.0700 e. The summed E-state index contributed by atoms with van der Waals surface area (Å²) < 4.78 is 10.1. The van der Waals surface area contributed by atoms with Crippen LogP contribution in [0, 0.1) is 12.3 Å².